The Morgan fingerprint density at radius 3 is 2.94 bits per heavy atom. The molecule has 0 aliphatic rings. The predicted molar refractivity (Wildman–Crippen MR) is 72.1 cm³/mol. The molecule has 0 aliphatic carbocycles. The van der Waals surface area contributed by atoms with Gasteiger partial charge in [0.2, 0.25) is 5.89 Å². The zero-order valence-corrected chi connectivity index (χ0v) is 11.8. The van der Waals surface area contributed by atoms with E-state index >= 15 is 0 Å². The Labute approximate surface area is 113 Å². The number of aromatic nitrogens is 1. The van der Waals surface area contributed by atoms with Crippen molar-refractivity contribution in [2.24, 2.45) is 0 Å². The van der Waals surface area contributed by atoms with Gasteiger partial charge in [-0.2, -0.15) is 0 Å². The highest BCUT2D eigenvalue weighted by Gasteiger charge is 2.13. The van der Waals surface area contributed by atoms with Gasteiger partial charge in [0.05, 0.1) is 17.3 Å². The molecule has 2 aromatic rings. The summed E-state index contributed by atoms with van der Waals surface area (Å²) in [6, 6.07) is 5.70. The quantitative estimate of drug-likeness (QED) is 0.929. The third-order valence-electron chi connectivity index (χ3n) is 2.52. The van der Waals surface area contributed by atoms with E-state index in [-0.39, 0.29) is 6.04 Å². The third-order valence-corrected chi connectivity index (χ3v) is 3.34. The summed E-state index contributed by atoms with van der Waals surface area (Å²) in [5.74, 6) is 1.33. The van der Waals surface area contributed by atoms with Crippen LogP contribution in [0.4, 0.5) is 0 Å². The molecule has 0 saturated heterocycles. The Morgan fingerprint density at radius 1 is 1.47 bits per heavy atom. The summed E-state index contributed by atoms with van der Waals surface area (Å²) in [6.45, 7) is 1.98. The minimum absolute atomic E-state index is 0.0784. The number of benzene rings is 1. The molecule has 1 atom stereocenters. The zero-order valence-electron chi connectivity index (χ0n) is 9.50. The van der Waals surface area contributed by atoms with Crippen LogP contribution in [0.5, 0.6) is 0 Å². The summed E-state index contributed by atoms with van der Waals surface area (Å²) in [6.07, 6.45) is 1.69. The van der Waals surface area contributed by atoms with E-state index in [1.807, 2.05) is 32.2 Å². The number of hydrogen-bond donors (Lipinski definition) is 1. The van der Waals surface area contributed by atoms with Gasteiger partial charge >= 0.3 is 0 Å². The van der Waals surface area contributed by atoms with Crippen molar-refractivity contribution in [1.29, 1.82) is 0 Å². The van der Waals surface area contributed by atoms with Crippen molar-refractivity contribution < 1.29 is 4.42 Å². The van der Waals surface area contributed by atoms with E-state index in [0.29, 0.717) is 16.7 Å². The monoisotopic (exact) mass is 314 g/mol. The fourth-order valence-electron chi connectivity index (χ4n) is 1.42. The van der Waals surface area contributed by atoms with E-state index in [1.165, 1.54) is 0 Å². The first-order valence-electron chi connectivity index (χ1n) is 5.20. The second kappa shape index (κ2) is 5.21. The fourth-order valence-corrected chi connectivity index (χ4v) is 1.99. The maximum atomic E-state index is 6.13. The predicted octanol–water partition coefficient (Wildman–Crippen LogP) is 4.04. The number of rotatable bonds is 3. The maximum absolute atomic E-state index is 6.13. The SMILES string of the molecule is CNC(C)c1ncc(-c2cc(Br)ccc2Cl)o1. The lowest BCUT2D eigenvalue weighted by Gasteiger charge is -2.04. The highest BCUT2D eigenvalue weighted by molar-refractivity contribution is 9.10. The van der Waals surface area contributed by atoms with Crippen LogP contribution in [-0.2, 0) is 0 Å². The minimum Gasteiger partial charge on any atom is -0.439 e. The summed E-state index contributed by atoms with van der Waals surface area (Å²) >= 11 is 9.54. The molecule has 1 aromatic carbocycles. The first-order chi connectivity index (χ1) is 8.11. The van der Waals surface area contributed by atoms with Crippen LogP contribution in [0.25, 0.3) is 11.3 Å². The number of nitrogens with zero attached hydrogens (tertiary/aromatic N) is 1. The topological polar surface area (TPSA) is 38.1 Å². The summed E-state index contributed by atoms with van der Waals surface area (Å²) in [5.41, 5.74) is 0.836. The molecule has 1 N–H and O–H groups in total. The normalized spacial score (nSPS) is 12.7. The first-order valence-corrected chi connectivity index (χ1v) is 6.37. The second-order valence-corrected chi connectivity index (χ2v) is 5.02. The molecule has 1 heterocycles. The van der Waals surface area contributed by atoms with E-state index in [0.717, 1.165) is 10.0 Å². The van der Waals surface area contributed by atoms with E-state index in [9.17, 15) is 0 Å². The summed E-state index contributed by atoms with van der Waals surface area (Å²) in [5, 5.41) is 3.72. The molecule has 0 aliphatic heterocycles. The van der Waals surface area contributed by atoms with Gasteiger partial charge in [-0.05, 0) is 32.2 Å². The van der Waals surface area contributed by atoms with Gasteiger partial charge in [-0.25, -0.2) is 4.98 Å². The van der Waals surface area contributed by atoms with Gasteiger partial charge in [0.1, 0.15) is 0 Å². The lowest BCUT2D eigenvalue weighted by Crippen LogP contribution is -2.12. The van der Waals surface area contributed by atoms with Crippen molar-refractivity contribution >= 4 is 27.5 Å². The van der Waals surface area contributed by atoms with Crippen molar-refractivity contribution in [2.45, 2.75) is 13.0 Å². The summed E-state index contributed by atoms with van der Waals surface area (Å²) in [4.78, 5) is 4.23. The van der Waals surface area contributed by atoms with Crippen molar-refractivity contribution in [2.75, 3.05) is 7.05 Å². The average Bonchev–Trinajstić information content (AvgIpc) is 2.80. The molecule has 3 nitrogen and oxygen atoms in total. The standard InChI is InChI=1S/C12H12BrClN2O/c1-7(15-2)12-16-6-11(17-12)9-5-8(13)3-4-10(9)14/h3-7,15H,1-2H3. The van der Waals surface area contributed by atoms with Gasteiger partial charge in [0, 0.05) is 10.0 Å². The minimum atomic E-state index is 0.0784. The van der Waals surface area contributed by atoms with Gasteiger partial charge < -0.3 is 9.73 Å². The largest absolute Gasteiger partial charge is 0.439 e. The zero-order chi connectivity index (χ0) is 12.4. The van der Waals surface area contributed by atoms with E-state index in [2.05, 4.69) is 26.2 Å². The molecule has 90 valence electrons. The van der Waals surface area contributed by atoms with Crippen LogP contribution < -0.4 is 5.32 Å². The summed E-state index contributed by atoms with van der Waals surface area (Å²) in [7, 11) is 1.86. The number of nitrogens with one attached hydrogen (secondary N) is 1. The van der Waals surface area contributed by atoms with Gasteiger partial charge in [-0.1, -0.05) is 27.5 Å². The Kier molecular flexibility index (Phi) is 3.86. The number of hydrogen-bond acceptors (Lipinski definition) is 3. The highest BCUT2D eigenvalue weighted by Crippen LogP contribution is 2.31. The van der Waals surface area contributed by atoms with Crippen LogP contribution in [-0.4, -0.2) is 12.0 Å². The molecule has 0 saturated carbocycles. The molecule has 0 spiro atoms. The van der Waals surface area contributed by atoms with Gasteiger partial charge in [0.15, 0.2) is 5.76 Å². The molecular formula is C12H12BrClN2O. The number of halogens is 2. The molecule has 0 fully saturated rings. The molecule has 0 amide bonds. The van der Waals surface area contributed by atoms with E-state index < -0.39 is 0 Å². The average molecular weight is 316 g/mol. The molecule has 2 rings (SSSR count). The van der Waals surface area contributed by atoms with Crippen LogP contribution >= 0.6 is 27.5 Å². The lowest BCUT2D eigenvalue weighted by molar-refractivity contribution is 0.441. The molecule has 0 bridgehead atoms. The van der Waals surface area contributed by atoms with Crippen LogP contribution in [0.3, 0.4) is 0 Å². The summed E-state index contributed by atoms with van der Waals surface area (Å²) < 4.78 is 6.63. The van der Waals surface area contributed by atoms with Crippen LogP contribution in [0.2, 0.25) is 5.02 Å². The highest BCUT2D eigenvalue weighted by atomic mass is 79.9. The lowest BCUT2D eigenvalue weighted by atomic mass is 10.2. The smallest absolute Gasteiger partial charge is 0.211 e. The van der Waals surface area contributed by atoms with E-state index in [4.69, 9.17) is 16.0 Å². The fraction of sp³-hybridized carbons (Fsp3) is 0.250. The van der Waals surface area contributed by atoms with Crippen molar-refractivity contribution in [3.05, 3.63) is 39.8 Å². The molecule has 1 unspecified atom stereocenters. The van der Waals surface area contributed by atoms with Crippen LogP contribution in [0, 0.1) is 0 Å². The molecule has 5 heteroatoms. The van der Waals surface area contributed by atoms with Gasteiger partial charge in [0.25, 0.3) is 0 Å². The Bertz CT molecular complexity index is 527. The number of oxazole rings is 1. The second-order valence-electron chi connectivity index (χ2n) is 3.70. The van der Waals surface area contributed by atoms with Crippen LogP contribution in [0.15, 0.2) is 33.3 Å². The van der Waals surface area contributed by atoms with Crippen molar-refractivity contribution in [3.63, 3.8) is 0 Å². The molecular weight excluding hydrogens is 304 g/mol. The third kappa shape index (κ3) is 2.70. The first kappa shape index (κ1) is 12.6. The van der Waals surface area contributed by atoms with Crippen molar-refractivity contribution in [3.8, 4) is 11.3 Å². The Balaban J connectivity index is 2.40. The Hall–Kier alpha value is -0.840. The molecule has 1 aromatic heterocycles. The van der Waals surface area contributed by atoms with Gasteiger partial charge in [-0.3, -0.25) is 0 Å². The maximum Gasteiger partial charge on any atom is 0.211 e. The Morgan fingerprint density at radius 2 is 2.24 bits per heavy atom. The van der Waals surface area contributed by atoms with Gasteiger partial charge in [-0.15, -0.1) is 0 Å². The molecule has 0 radical (unpaired) electrons. The van der Waals surface area contributed by atoms with Crippen molar-refractivity contribution in [1.82, 2.24) is 10.3 Å². The van der Waals surface area contributed by atoms with E-state index in [1.54, 1.807) is 6.20 Å². The van der Waals surface area contributed by atoms with Crippen LogP contribution in [0.1, 0.15) is 18.9 Å². The molecule has 17 heavy (non-hydrogen) atoms.